The van der Waals surface area contributed by atoms with Crippen LogP contribution in [0.1, 0.15) is 11.1 Å². The van der Waals surface area contributed by atoms with E-state index in [0.717, 1.165) is 17.4 Å². The fraction of sp³-hybridized carbons (Fsp3) is 0.143. The van der Waals surface area contributed by atoms with Gasteiger partial charge in [0.15, 0.2) is 0 Å². The number of anilines is 1. The molecule has 1 aliphatic rings. The maximum Gasteiger partial charge on any atom is 0.420 e. The van der Waals surface area contributed by atoms with Gasteiger partial charge in [-0.2, -0.15) is 5.26 Å². The number of carbonyl (C=O) groups excluding carboxylic acids is 1. The van der Waals surface area contributed by atoms with Gasteiger partial charge >= 0.3 is 6.09 Å². The number of fused-ring (bicyclic) bond motifs is 1. The Labute approximate surface area is 105 Å². The highest BCUT2D eigenvalue weighted by Gasteiger charge is 2.28. The number of amides is 1. The lowest BCUT2D eigenvalue weighted by atomic mass is 10.0. The molecule has 0 N–H and O–H groups in total. The zero-order chi connectivity index (χ0) is 13.1. The Morgan fingerprint density at radius 2 is 2.39 bits per heavy atom. The summed E-state index contributed by atoms with van der Waals surface area (Å²) < 4.78 is 4.77. The lowest BCUT2D eigenvalue weighted by Crippen LogP contribution is -2.40. The molecule has 1 amide bonds. The van der Waals surface area contributed by atoms with Crippen molar-refractivity contribution in [2.75, 3.05) is 4.90 Å². The molecule has 2 rings (SSSR count). The standard InChI is InChI=1S/C14H12N2O2/c1-3-18-14(17)16-12(9-15)6-5-11-8-10(2)4-7-13(11)16/h3-8,12H,1H2,2H3. The van der Waals surface area contributed by atoms with Gasteiger partial charge in [0.05, 0.1) is 18.0 Å². The molecule has 0 radical (unpaired) electrons. The van der Waals surface area contributed by atoms with Crippen LogP contribution in [-0.2, 0) is 4.74 Å². The van der Waals surface area contributed by atoms with Gasteiger partial charge in [-0.25, -0.2) is 4.79 Å². The first-order valence-corrected chi connectivity index (χ1v) is 5.46. The van der Waals surface area contributed by atoms with Gasteiger partial charge in [0, 0.05) is 0 Å². The summed E-state index contributed by atoms with van der Waals surface area (Å²) in [5, 5.41) is 9.08. The maximum absolute atomic E-state index is 11.9. The highest BCUT2D eigenvalue weighted by molar-refractivity contribution is 5.94. The fourth-order valence-corrected chi connectivity index (χ4v) is 1.90. The Bertz CT molecular complexity index is 570. The summed E-state index contributed by atoms with van der Waals surface area (Å²) in [5.41, 5.74) is 2.65. The summed E-state index contributed by atoms with van der Waals surface area (Å²) in [6.07, 6.45) is 3.97. The first-order valence-electron chi connectivity index (χ1n) is 5.46. The van der Waals surface area contributed by atoms with Crippen LogP contribution in [0.25, 0.3) is 6.08 Å². The van der Waals surface area contributed by atoms with Gasteiger partial charge < -0.3 is 4.74 Å². The molecule has 4 nitrogen and oxygen atoms in total. The number of nitrogens with zero attached hydrogens (tertiary/aromatic N) is 2. The van der Waals surface area contributed by atoms with Crippen LogP contribution in [0.15, 0.2) is 37.1 Å². The molecule has 4 heteroatoms. The van der Waals surface area contributed by atoms with Gasteiger partial charge in [-0.05, 0) is 30.7 Å². The minimum Gasteiger partial charge on any atom is -0.419 e. The molecule has 1 heterocycles. The molecule has 18 heavy (non-hydrogen) atoms. The van der Waals surface area contributed by atoms with Crippen molar-refractivity contribution in [1.29, 1.82) is 5.26 Å². The van der Waals surface area contributed by atoms with E-state index in [0.29, 0.717) is 5.69 Å². The molecule has 0 fully saturated rings. The summed E-state index contributed by atoms with van der Waals surface area (Å²) in [7, 11) is 0. The van der Waals surface area contributed by atoms with Crippen LogP contribution in [0.4, 0.5) is 10.5 Å². The van der Waals surface area contributed by atoms with Gasteiger partial charge in [0.2, 0.25) is 0 Å². The number of hydrogen-bond donors (Lipinski definition) is 0. The SMILES string of the molecule is C=COC(=O)N1c2ccc(C)cc2C=CC1C#N. The third-order valence-electron chi connectivity index (χ3n) is 2.69. The largest absolute Gasteiger partial charge is 0.420 e. The minimum atomic E-state index is -0.660. The monoisotopic (exact) mass is 240 g/mol. The van der Waals surface area contributed by atoms with Gasteiger partial charge in [-0.15, -0.1) is 0 Å². The van der Waals surface area contributed by atoms with Crippen LogP contribution in [0.5, 0.6) is 0 Å². The molecule has 0 spiro atoms. The number of carbonyl (C=O) groups is 1. The van der Waals surface area contributed by atoms with Gasteiger partial charge in [0.1, 0.15) is 6.04 Å². The van der Waals surface area contributed by atoms with Crippen LogP contribution in [-0.4, -0.2) is 12.1 Å². The summed E-state index contributed by atoms with van der Waals surface area (Å²) in [5.74, 6) is 0. The predicted octanol–water partition coefficient (Wildman–Crippen LogP) is 3.00. The van der Waals surface area contributed by atoms with Crippen molar-refractivity contribution in [1.82, 2.24) is 0 Å². The van der Waals surface area contributed by atoms with Gasteiger partial charge in [-0.1, -0.05) is 24.3 Å². The van der Waals surface area contributed by atoms with Crippen molar-refractivity contribution in [3.63, 3.8) is 0 Å². The molecule has 0 bridgehead atoms. The lowest BCUT2D eigenvalue weighted by molar-refractivity contribution is 0.192. The van der Waals surface area contributed by atoms with Crippen molar-refractivity contribution in [2.24, 2.45) is 0 Å². The second kappa shape index (κ2) is 4.76. The average Bonchev–Trinajstić information content (AvgIpc) is 2.37. The Balaban J connectivity index is 2.49. The first-order chi connectivity index (χ1) is 8.67. The molecular weight excluding hydrogens is 228 g/mol. The molecule has 90 valence electrons. The molecule has 1 unspecified atom stereocenters. The molecule has 0 aromatic heterocycles. The quantitative estimate of drug-likeness (QED) is 0.709. The van der Waals surface area contributed by atoms with Gasteiger partial charge in [0.25, 0.3) is 0 Å². The van der Waals surface area contributed by atoms with E-state index in [1.807, 2.05) is 31.2 Å². The van der Waals surface area contributed by atoms with Crippen LogP contribution in [0, 0.1) is 18.3 Å². The van der Waals surface area contributed by atoms with E-state index in [4.69, 9.17) is 10.00 Å². The van der Waals surface area contributed by atoms with E-state index in [-0.39, 0.29) is 0 Å². The maximum atomic E-state index is 11.9. The van der Waals surface area contributed by atoms with Crippen molar-refractivity contribution in [3.05, 3.63) is 48.2 Å². The van der Waals surface area contributed by atoms with E-state index in [9.17, 15) is 4.79 Å². The zero-order valence-corrected chi connectivity index (χ0v) is 9.96. The fourth-order valence-electron chi connectivity index (χ4n) is 1.90. The topological polar surface area (TPSA) is 53.3 Å². The number of nitriles is 1. The molecule has 0 aliphatic carbocycles. The van der Waals surface area contributed by atoms with E-state index in [1.54, 1.807) is 6.08 Å². The Morgan fingerprint density at radius 3 is 3.06 bits per heavy atom. The Kier molecular flexibility index (Phi) is 3.16. The van der Waals surface area contributed by atoms with E-state index in [2.05, 4.69) is 12.6 Å². The molecular formula is C14H12N2O2. The summed E-state index contributed by atoms with van der Waals surface area (Å²) in [4.78, 5) is 13.2. The molecule has 1 aromatic rings. The number of ether oxygens (including phenoxy) is 1. The van der Waals surface area contributed by atoms with E-state index < -0.39 is 12.1 Å². The van der Waals surface area contributed by atoms with Gasteiger partial charge in [-0.3, -0.25) is 4.90 Å². The number of benzene rings is 1. The van der Waals surface area contributed by atoms with E-state index in [1.165, 1.54) is 4.90 Å². The van der Waals surface area contributed by atoms with Crippen LogP contribution < -0.4 is 4.90 Å². The number of rotatable bonds is 1. The molecule has 0 saturated carbocycles. The van der Waals surface area contributed by atoms with E-state index >= 15 is 0 Å². The zero-order valence-electron chi connectivity index (χ0n) is 9.96. The summed E-state index contributed by atoms with van der Waals surface area (Å²) >= 11 is 0. The second-order valence-electron chi connectivity index (χ2n) is 3.92. The molecule has 0 saturated heterocycles. The highest BCUT2D eigenvalue weighted by Crippen LogP contribution is 2.30. The number of aryl methyl sites for hydroxylation is 1. The predicted molar refractivity (Wildman–Crippen MR) is 68.8 cm³/mol. The van der Waals surface area contributed by atoms with Crippen LogP contribution in [0.2, 0.25) is 0 Å². The Hall–Kier alpha value is -2.54. The molecule has 1 atom stereocenters. The Morgan fingerprint density at radius 1 is 1.61 bits per heavy atom. The average molecular weight is 240 g/mol. The van der Waals surface area contributed by atoms with Crippen molar-refractivity contribution < 1.29 is 9.53 Å². The minimum absolute atomic E-state index is 0.606. The third kappa shape index (κ3) is 1.98. The number of hydrogen-bond acceptors (Lipinski definition) is 3. The van der Waals surface area contributed by atoms with Crippen molar-refractivity contribution >= 4 is 17.9 Å². The first kappa shape index (κ1) is 11.9. The lowest BCUT2D eigenvalue weighted by Gasteiger charge is -2.28. The van der Waals surface area contributed by atoms with Crippen LogP contribution in [0.3, 0.4) is 0 Å². The summed E-state index contributed by atoms with van der Waals surface area (Å²) in [6.45, 7) is 5.31. The van der Waals surface area contributed by atoms with Crippen LogP contribution >= 0.6 is 0 Å². The van der Waals surface area contributed by atoms with Crippen molar-refractivity contribution in [2.45, 2.75) is 13.0 Å². The molecule has 1 aliphatic heterocycles. The highest BCUT2D eigenvalue weighted by atomic mass is 16.5. The smallest absolute Gasteiger partial charge is 0.419 e. The third-order valence-corrected chi connectivity index (χ3v) is 2.69. The summed E-state index contributed by atoms with van der Waals surface area (Å²) in [6, 6.07) is 7.04. The normalized spacial score (nSPS) is 16.7. The van der Waals surface area contributed by atoms with Crippen molar-refractivity contribution in [3.8, 4) is 6.07 Å². The molecule has 1 aromatic carbocycles. The second-order valence-corrected chi connectivity index (χ2v) is 3.92.